The maximum atomic E-state index is 13.4. The molecule has 1 heterocycles. The molecule has 0 fully saturated rings. The minimum atomic E-state index is -4.39. The predicted molar refractivity (Wildman–Crippen MR) is 71.9 cm³/mol. The second kappa shape index (κ2) is 4.49. The summed E-state index contributed by atoms with van der Waals surface area (Å²) >= 11 is 0. The average molecular weight is 295 g/mol. The second-order valence-electron chi connectivity index (χ2n) is 4.17. The van der Waals surface area contributed by atoms with Gasteiger partial charge in [0.05, 0.1) is 0 Å². The third-order valence-corrected chi connectivity index (χ3v) is 7.48. The SMILES string of the molecule is CCC1=Cc2ccc(CC)cc2S1(Cl)C(F)(F)F. The molecule has 1 aliphatic heterocycles. The molecule has 0 aliphatic carbocycles. The van der Waals surface area contributed by atoms with Crippen LogP contribution in [0.5, 0.6) is 0 Å². The zero-order valence-electron chi connectivity index (χ0n) is 10.1. The van der Waals surface area contributed by atoms with E-state index in [1.807, 2.05) is 13.0 Å². The van der Waals surface area contributed by atoms with Crippen LogP contribution in [0.3, 0.4) is 0 Å². The molecule has 1 aliphatic rings. The van der Waals surface area contributed by atoms with E-state index < -0.39 is 14.7 Å². The molecule has 0 saturated carbocycles. The van der Waals surface area contributed by atoms with Crippen molar-refractivity contribution in [1.82, 2.24) is 0 Å². The van der Waals surface area contributed by atoms with Crippen LogP contribution in [-0.2, 0) is 6.42 Å². The van der Waals surface area contributed by atoms with Gasteiger partial charge in [-0.15, -0.1) is 0 Å². The van der Waals surface area contributed by atoms with Gasteiger partial charge in [0, 0.05) is 4.90 Å². The van der Waals surface area contributed by atoms with Crippen molar-refractivity contribution in [3.63, 3.8) is 0 Å². The highest BCUT2D eigenvalue weighted by Gasteiger charge is 2.55. The minimum absolute atomic E-state index is 0.257. The Morgan fingerprint density at radius 2 is 1.83 bits per heavy atom. The summed E-state index contributed by atoms with van der Waals surface area (Å²) < 4.78 is 40.1. The molecule has 0 aromatic heterocycles. The number of hydrogen-bond donors (Lipinski definition) is 0. The number of halogens is 4. The number of allylic oxidation sites excluding steroid dienone is 1. The fourth-order valence-corrected chi connectivity index (χ4v) is 5.28. The minimum Gasteiger partial charge on any atom is -0.160 e. The van der Waals surface area contributed by atoms with Gasteiger partial charge in [-0.05, 0) is 60.9 Å². The van der Waals surface area contributed by atoms with E-state index in [2.05, 4.69) is 0 Å². The first-order chi connectivity index (χ1) is 8.34. The van der Waals surface area contributed by atoms with E-state index in [1.54, 1.807) is 25.1 Å². The Kier molecular flexibility index (Phi) is 3.45. The van der Waals surface area contributed by atoms with Crippen molar-refractivity contribution in [2.45, 2.75) is 37.1 Å². The Labute approximate surface area is 111 Å². The number of rotatable bonds is 2. The lowest BCUT2D eigenvalue weighted by atomic mass is 10.1. The van der Waals surface area contributed by atoms with Crippen molar-refractivity contribution >= 4 is 26.0 Å². The lowest BCUT2D eigenvalue weighted by molar-refractivity contribution is -0.0359. The molecule has 1 aromatic carbocycles. The normalized spacial score (nSPS) is 26.4. The molecular weight excluding hydrogens is 281 g/mol. The largest absolute Gasteiger partial charge is 0.445 e. The van der Waals surface area contributed by atoms with Gasteiger partial charge in [-0.25, -0.2) is 0 Å². The Morgan fingerprint density at radius 1 is 1.17 bits per heavy atom. The average Bonchev–Trinajstić information content (AvgIpc) is 2.62. The summed E-state index contributed by atoms with van der Waals surface area (Å²) in [6.45, 7) is 3.64. The van der Waals surface area contributed by atoms with Crippen molar-refractivity contribution < 1.29 is 13.2 Å². The molecular formula is C13H14ClF3S. The topological polar surface area (TPSA) is 0 Å². The maximum Gasteiger partial charge on any atom is 0.445 e. The van der Waals surface area contributed by atoms with Crippen LogP contribution in [0.25, 0.3) is 6.08 Å². The van der Waals surface area contributed by atoms with E-state index in [4.69, 9.17) is 10.7 Å². The Morgan fingerprint density at radius 3 is 2.33 bits per heavy atom. The Balaban J connectivity index is 2.65. The number of hydrogen-bond acceptors (Lipinski definition) is 0. The van der Waals surface area contributed by atoms with Crippen molar-refractivity contribution in [3.8, 4) is 0 Å². The Bertz CT molecular complexity index is 507. The molecule has 2 rings (SSSR count). The van der Waals surface area contributed by atoms with Crippen LogP contribution < -0.4 is 0 Å². The summed E-state index contributed by atoms with van der Waals surface area (Å²) in [5, 5.41) is 0. The quantitative estimate of drug-likeness (QED) is 0.642. The molecule has 18 heavy (non-hydrogen) atoms. The van der Waals surface area contributed by atoms with Crippen LogP contribution in [0.15, 0.2) is 28.0 Å². The van der Waals surface area contributed by atoms with Gasteiger partial charge in [0.2, 0.25) is 0 Å². The van der Waals surface area contributed by atoms with Crippen LogP contribution >= 0.6 is 19.9 Å². The number of aryl methyl sites for hydroxylation is 1. The molecule has 0 bridgehead atoms. The van der Waals surface area contributed by atoms with Crippen molar-refractivity contribution in [1.29, 1.82) is 0 Å². The lowest BCUT2D eigenvalue weighted by Gasteiger charge is -2.34. The van der Waals surface area contributed by atoms with E-state index in [1.165, 1.54) is 0 Å². The first kappa shape index (κ1) is 13.8. The molecule has 1 aromatic rings. The van der Waals surface area contributed by atoms with Gasteiger partial charge in [0.1, 0.15) is 0 Å². The maximum absolute atomic E-state index is 13.4. The highest BCUT2D eigenvalue weighted by molar-refractivity contribution is 8.54. The Hall–Kier alpha value is -0.610. The van der Waals surface area contributed by atoms with Crippen LogP contribution in [-0.4, -0.2) is 5.51 Å². The van der Waals surface area contributed by atoms with E-state index in [9.17, 15) is 13.2 Å². The molecule has 1 unspecified atom stereocenters. The predicted octanol–water partition coefficient (Wildman–Crippen LogP) is 5.85. The standard InChI is InChI=1S/C13H14ClF3S/c1-3-9-5-6-10-8-11(4-2)18(14,12(10)7-9)13(15,16)17/h5-8H,3-4H2,1-2H3. The molecule has 0 N–H and O–H groups in total. The van der Waals surface area contributed by atoms with E-state index in [0.29, 0.717) is 23.3 Å². The summed E-state index contributed by atoms with van der Waals surface area (Å²) in [6, 6.07) is 5.22. The summed E-state index contributed by atoms with van der Waals surface area (Å²) in [7, 11) is 2.69. The van der Waals surface area contributed by atoms with Crippen LogP contribution in [0.2, 0.25) is 0 Å². The molecule has 0 saturated heterocycles. The van der Waals surface area contributed by atoms with Gasteiger partial charge in [-0.1, -0.05) is 26.0 Å². The monoisotopic (exact) mass is 294 g/mol. The molecule has 100 valence electrons. The van der Waals surface area contributed by atoms with Crippen LogP contribution in [0.1, 0.15) is 31.4 Å². The summed E-state index contributed by atoms with van der Waals surface area (Å²) in [5.74, 6) is 0. The van der Waals surface area contributed by atoms with Crippen molar-refractivity contribution in [2.75, 3.05) is 0 Å². The zero-order valence-corrected chi connectivity index (χ0v) is 11.7. The van der Waals surface area contributed by atoms with Gasteiger partial charge in [-0.2, -0.15) is 13.2 Å². The summed E-state index contributed by atoms with van der Waals surface area (Å²) in [5.41, 5.74) is -2.89. The third-order valence-electron chi connectivity index (χ3n) is 3.13. The highest BCUT2D eigenvalue weighted by Crippen LogP contribution is 2.80. The zero-order chi connectivity index (χ0) is 13.6. The number of benzene rings is 1. The number of fused-ring (bicyclic) bond motifs is 1. The summed E-state index contributed by atoms with van der Waals surface area (Å²) in [4.78, 5) is 0.563. The molecule has 5 heteroatoms. The van der Waals surface area contributed by atoms with Gasteiger partial charge in [0.25, 0.3) is 0 Å². The molecule has 0 nitrogen and oxygen atoms in total. The molecule has 0 amide bonds. The van der Waals surface area contributed by atoms with Crippen LogP contribution in [0, 0.1) is 0 Å². The number of alkyl halides is 3. The smallest absolute Gasteiger partial charge is 0.160 e. The fraction of sp³-hybridized carbons (Fsp3) is 0.385. The molecule has 0 spiro atoms. The fourth-order valence-electron chi connectivity index (χ4n) is 2.13. The van der Waals surface area contributed by atoms with Crippen molar-refractivity contribution in [2.24, 2.45) is 0 Å². The van der Waals surface area contributed by atoms with E-state index in [-0.39, 0.29) is 4.90 Å². The second-order valence-corrected chi connectivity index (χ2v) is 8.06. The molecule has 0 radical (unpaired) electrons. The first-order valence-corrected chi connectivity index (χ1v) is 8.23. The third kappa shape index (κ3) is 1.86. The van der Waals surface area contributed by atoms with Crippen molar-refractivity contribution in [3.05, 3.63) is 34.2 Å². The highest BCUT2D eigenvalue weighted by atomic mass is 35.7. The van der Waals surface area contributed by atoms with E-state index in [0.717, 1.165) is 5.56 Å². The lowest BCUT2D eigenvalue weighted by Crippen LogP contribution is -2.16. The summed E-state index contributed by atoms with van der Waals surface area (Å²) in [6.07, 6.45) is 2.64. The van der Waals surface area contributed by atoms with Gasteiger partial charge in [-0.3, -0.25) is 0 Å². The first-order valence-electron chi connectivity index (χ1n) is 5.77. The molecule has 1 atom stereocenters. The van der Waals surface area contributed by atoms with E-state index >= 15 is 0 Å². The van der Waals surface area contributed by atoms with Gasteiger partial charge in [0.15, 0.2) is 0 Å². The van der Waals surface area contributed by atoms with Gasteiger partial charge >= 0.3 is 5.51 Å². The van der Waals surface area contributed by atoms with Gasteiger partial charge < -0.3 is 0 Å². The van der Waals surface area contributed by atoms with Crippen LogP contribution in [0.4, 0.5) is 13.2 Å².